The van der Waals surface area contributed by atoms with Crippen LogP contribution in [-0.4, -0.2) is 196 Å². The Balaban J connectivity index is 1.87. The van der Waals surface area contributed by atoms with Crippen LogP contribution in [-0.2, 0) is 68.7 Å². The van der Waals surface area contributed by atoms with Gasteiger partial charge in [-0.1, -0.05) is 92.1 Å². The summed E-state index contributed by atoms with van der Waals surface area (Å²) in [7, 11) is 3.96. The smallest absolute Gasteiger partial charge is 0.329 e. The molecule has 0 saturated carbocycles. The van der Waals surface area contributed by atoms with Crippen molar-refractivity contribution in [3.8, 4) is 0 Å². The molecule has 7 N–H and O–H groups in total. The van der Waals surface area contributed by atoms with Crippen LogP contribution in [0, 0.1) is 23.7 Å². The average molecular weight is 1140 g/mol. The van der Waals surface area contributed by atoms with Gasteiger partial charge in [-0.3, -0.25) is 52.7 Å². The Kier molecular flexibility index (Phi) is 25.1. The average Bonchev–Trinajstić information content (AvgIpc) is 3.93. The fourth-order valence-corrected chi connectivity index (χ4v) is 10.7. The Hall–Kier alpha value is -7.14. The lowest BCUT2D eigenvalue weighted by molar-refractivity contribution is -0.167. The van der Waals surface area contributed by atoms with Crippen LogP contribution in [0.2, 0.25) is 0 Å². The summed E-state index contributed by atoms with van der Waals surface area (Å²) in [5, 5.41) is 20.8. The molecule has 0 radical (unpaired) electrons. The van der Waals surface area contributed by atoms with E-state index in [-0.39, 0.29) is 51.6 Å². The quantitative estimate of drug-likeness (QED) is 0.142. The molecule has 10 amide bonds. The molecule has 3 aliphatic heterocycles. The molecule has 24 nitrogen and oxygen atoms in total. The standard InChI is InChI=1S/C57H88N10O14/c1-12-34(7)46-55(78)67-28-18-17-22-40(67)51(74)61-45(32(3)4)54(77)64(10)41(25-27-44(70)71)57(80)81-48(35(8)13-2)52(75)60-37(30-36-20-15-14-16-21-36)53(76)66-29-19-23-39(66)49(72)59-31-43(69)65(11)47(33(5)6)56(79)63(9)38(50(73)62-46)24-26-42(58)68/h14-16,20-21,32-35,37-41,45-48H,12-13,17-19,22-31H2,1-11H3,(H2,58,68)(H,59,72)(H,60,75)(H,61,74)(H,62,73)(H,70,71)/t34-,35-,37+,38-,39+,40+,41+,45+,46+,47+,48+/m1/s1. The van der Waals surface area contributed by atoms with E-state index < -0.39 is 169 Å². The van der Waals surface area contributed by atoms with Gasteiger partial charge in [-0.2, -0.15) is 0 Å². The molecule has 0 spiro atoms. The van der Waals surface area contributed by atoms with E-state index in [9.17, 15) is 62.6 Å². The molecule has 24 heteroatoms. The zero-order valence-corrected chi connectivity index (χ0v) is 49.1. The second-order valence-electron chi connectivity index (χ2n) is 22.6. The number of fused-ring (bicyclic) bond motifs is 2. The summed E-state index contributed by atoms with van der Waals surface area (Å²) in [5.74, 6) is -12.2. The molecule has 3 heterocycles. The number of hydrogen-bond donors (Lipinski definition) is 6. The number of piperidine rings is 1. The van der Waals surface area contributed by atoms with Crippen molar-refractivity contribution in [3.63, 3.8) is 0 Å². The maximum Gasteiger partial charge on any atom is 0.329 e. The molecule has 1 aromatic rings. The van der Waals surface area contributed by atoms with Crippen LogP contribution < -0.4 is 27.0 Å². The highest BCUT2D eigenvalue weighted by Crippen LogP contribution is 2.26. The number of carbonyl (C=O) groups is 12. The van der Waals surface area contributed by atoms with Gasteiger partial charge in [0.05, 0.1) is 6.54 Å². The Bertz CT molecular complexity index is 2440. The monoisotopic (exact) mass is 1140 g/mol. The number of ether oxygens (including phenoxy) is 1. The van der Waals surface area contributed by atoms with Crippen molar-refractivity contribution in [1.82, 2.24) is 45.8 Å². The van der Waals surface area contributed by atoms with E-state index in [1.165, 1.54) is 30.9 Å². The first-order valence-electron chi connectivity index (χ1n) is 28.5. The number of carbonyl (C=O) groups excluding carboxylic acids is 11. The molecule has 81 heavy (non-hydrogen) atoms. The van der Waals surface area contributed by atoms with Gasteiger partial charge in [0.2, 0.25) is 53.2 Å². The van der Waals surface area contributed by atoms with E-state index in [4.69, 9.17) is 10.5 Å². The van der Waals surface area contributed by atoms with Gasteiger partial charge < -0.3 is 61.3 Å². The highest BCUT2D eigenvalue weighted by Gasteiger charge is 2.45. The Morgan fingerprint density at radius 1 is 0.630 bits per heavy atom. The van der Waals surface area contributed by atoms with Gasteiger partial charge in [-0.25, -0.2) is 4.79 Å². The minimum absolute atomic E-state index is 0.0587. The predicted octanol–water partition coefficient (Wildman–Crippen LogP) is 1.11. The van der Waals surface area contributed by atoms with Gasteiger partial charge in [-0.05, 0) is 74.7 Å². The van der Waals surface area contributed by atoms with Crippen LogP contribution in [0.3, 0.4) is 0 Å². The third-order valence-electron chi connectivity index (χ3n) is 16.1. The number of primary amides is 1. The maximum absolute atomic E-state index is 14.9. The highest BCUT2D eigenvalue weighted by atomic mass is 16.6. The highest BCUT2D eigenvalue weighted by molar-refractivity contribution is 5.99. The number of likely N-dealkylation sites (N-methyl/N-ethyl adjacent to an activating group) is 3. The van der Waals surface area contributed by atoms with Gasteiger partial charge in [0.15, 0.2) is 6.10 Å². The first kappa shape index (κ1) is 66.4. The van der Waals surface area contributed by atoms with E-state index in [1.807, 2.05) is 0 Å². The lowest BCUT2D eigenvalue weighted by atomic mass is 9.93. The van der Waals surface area contributed by atoms with Gasteiger partial charge >= 0.3 is 11.9 Å². The number of carboxylic acids is 1. The second-order valence-corrected chi connectivity index (χ2v) is 22.6. The maximum atomic E-state index is 14.9. The summed E-state index contributed by atoms with van der Waals surface area (Å²) in [5.41, 5.74) is 6.20. The zero-order chi connectivity index (χ0) is 60.6. The topological polar surface area (TPSA) is 325 Å². The molecule has 0 aliphatic carbocycles. The van der Waals surface area contributed by atoms with Crippen LogP contribution >= 0.6 is 0 Å². The van der Waals surface area contributed by atoms with E-state index in [0.717, 1.165) is 14.7 Å². The summed E-state index contributed by atoms with van der Waals surface area (Å²) in [6.07, 6.45) is -0.910. The van der Waals surface area contributed by atoms with Crippen molar-refractivity contribution >= 4 is 71.0 Å². The minimum Gasteiger partial charge on any atom is -0.481 e. The van der Waals surface area contributed by atoms with E-state index in [2.05, 4.69) is 21.3 Å². The van der Waals surface area contributed by atoms with E-state index in [0.29, 0.717) is 31.2 Å². The van der Waals surface area contributed by atoms with Crippen molar-refractivity contribution < 1.29 is 67.4 Å². The number of aliphatic carboxylic acids is 1. The molecular formula is C57H88N10O14. The first-order valence-corrected chi connectivity index (χ1v) is 28.5. The second kappa shape index (κ2) is 30.6. The van der Waals surface area contributed by atoms with Crippen molar-refractivity contribution in [2.75, 3.05) is 40.8 Å². The van der Waals surface area contributed by atoms with E-state index >= 15 is 0 Å². The number of rotatable bonds is 14. The van der Waals surface area contributed by atoms with Gasteiger partial charge in [0, 0.05) is 59.4 Å². The Labute approximate surface area is 475 Å². The third kappa shape index (κ3) is 17.4. The molecule has 3 saturated heterocycles. The molecule has 11 atom stereocenters. The summed E-state index contributed by atoms with van der Waals surface area (Å²) in [4.78, 5) is 176. The first-order chi connectivity index (χ1) is 38.2. The summed E-state index contributed by atoms with van der Waals surface area (Å²) < 4.78 is 5.97. The molecule has 0 bridgehead atoms. The number of amides is 10. The van der Waals surface area contributed by atoms with E-state index in [1.54, 1.807) is 85.7 Å². The zero-order valence-electron chi connectivity index (χ0n) is 49.1. The summed E-state index contributed by atoms with van der Waals surface area (Å²) >= 11 is 0. The minimum atomic E-state index is -1.60. The molecule has 1 aromatic carbocycles. The summed E-state index contributed by atoms with van der Waals surface area (Å²) in [6, 6.07) is -1.65. The number of carboxylic acid groups (broad SMARTS) is 1. The molecule has 0 aromatic heterocycles. The van der Waals surface area contributed by atoms with Crippen LogP contribution in [0.1, 0.15) is 132 Å². The SMILES string of the molecule is CC[C@@H](C)[C@@H]1NC(=O)[C@@H](CCC(N)=O)N(C)C(=O)[C@H](C(C)C)N(C)C(=O)CNC(=O)[C@@H]2CCCN2C(=O)[C@H](Cc2ccccc2)NC(=O)[C@H]([C@H](C)CC)OC(=O)[C@H](CCC(=O)O)N(C)C(=O)[C@H](C(C)C)NC(=O)[C@@H]2CCCCN2C1=O. The van der Waals surface area contributed by atoms with Crippen LogP contribution in [0.4, 0.5) is 0 Å². The number of benzene rings is 1. The van der Waals surface area contributed by atoms with Gasteiger partial charge in [-0.15, -0.1) is 0 Å². The lowest BCUT2D eigenvalue weighted by Gasteiger charge is -2.40. The number of hydrogen-bond acceptors (Lipinski definition) is 13. The largest absolute Gasteiger partial charge is 0.481 e. The molecular weight excluding hydrogens is 1050 g/mol. The lowest BCUT2D eigenvalue weighted by Crippen LogP contribution is -2.63. The number of cyclic esters (lactones) is 1. The third-order valence-corrected chi connectivity index (χ3v) is 16.1. The fraction of sp³-hybridized carbons (Fsp3) is 0.684. The van der Waals surface area contributed by atoms with Crippen molar-refractivity contribution in [3.05, 3.63) is 35.9 Å². The molecule has 0 unspecified atom stereocenters. The Morgan fingerprint density at radius 3 is 1.79 bits per heavy atom. The van der Waals surface area contributed by atoms with Crippen LogP contribution in [0.25, 0.3) is 0 Å². The molecule has 3 aliphatic rings. The number of nitrogens with two attached hydrogens (primary N) is 1. The van der Waals surface area contributed by atoms with Crippen molar-refractivity contribution in [1.29, 1.82) is 0 Å². The predicted molar refractivity (Wildman–Crippen MR) is 296 cm³/mol. The Morgan fingerprint density at radius 2 is 1.20 bits per heavy atom. The molecule has 3 fully saturated rings. The van der Waals surface area contributed by atoms with Crippen molar-refractivity contribution in [2.45, 2.75) is 187 Å². The normalized spacial score (nSPS) is 27.0. The van der Waals surface area contributed by atoms with Crippen LogP contribution in [0.5, 0.6) is 0 Å². The molecule has 4 rings (SSSR count). The van der Waals surface area contributed by atoms with Crippen LogP contribution in [0.15, 0.2) is 30.3 Å². The number of nitrogens with zero attached hydrogens (tertiary/aromatic N) is 5. The van der Waals surface area contributed by atoms with Gasteiger partial charge in [0.25, 0.3) is 5.91 Å². The van der Waals surface area contributed by atoms with Crippen molar-refractivity contribution in [2.24, 2.45) is 29.4 Å². The number of nitrogens with one attached hydrogen (secondary N) is 4. The number of esters is 1. The van der Waals surface area contributed by atoms with Gasteiger partial charge in [0.1, 0.15) is 48.3 Å². The molecule has 450 valence electrons. The fourth-order valence-electron chi connectivity index (χ4n) is 10.7. The summed E-state index contributed by atoms with van der Waals surface area (Å²) in [6.45, 7) is 13.2.